The average Bonchev–Trinajstić information content (AvgIpc) is 3.11. The van der Waals surface area contributed by atoms with Crippen molar-refractivity contribution >= 4 is 68.4 Å². The molecule has 0 bridgehead atoms. The Bertz CT molecular complexity index is 3270. The Labute approximate surface area is 348 Å². The molecule has 0 aromatic heterocycles. The number of benzene rings is 5. The first kappa shape index (κ1) is 44.6. The minimum atomic E-state index is -5.10. The molecule has 1 atom stereocenters. The second-order valence-electron chi connectivity index (χ2n) is 14.7. The zero-order chi connectivity index (χ0) is 44.4. The first-order chi connectivity index (χ1) is 27.7. The van der Waals surface area contributed by atoms with Crippen molar-refractivity contribution in [1.82, 2.24) is 4.72 Å². The van der Waals surface area contributed by atoms with E-state index in [0.29, 0.717) is 39.9 Å². The van der Waals surface area contributed by atoms with Gasteiger partial charge in [0.05, 0.1) is 15.9 Å². The summed E-state index contributed by atoms with van der Waals surface area (Å²) in [5.74, 6) is -0.0309. The van der Waals surface area contributed by atoms with Gasteiger partial charge in [0.25, 0.3) is 30.4 Å². The van der Waals surface area contributed by atoms with E-state index in [0.717, 1.165) is 6.07 Å². The summed E-state index contributed by atoms with van der Waals surface area (Å²) in [4.78, 5) is 2.98. The van der Waals surface area contributed by atoms with Crippen molar-refractivity contribution < 1.29 is 51.7 Å². The Kier molecular flexibility index (Phi) is 11.7. The van der Waals surface area contributed by atoms with Crippen LogP contribution in [0, 0.1) is 41.5 Å². The van der Waals surface area contributed by atoms with E-state index < -0.39 is 56.2 Å². The molecule has 60 heavy (non-hydrogen) atoms. The number of hydrogen-bond acceptors (Lipinski definition) is 11. The van der Waals surface area contributed by atoms with Gasteiger partial charge < -0.3 is 9.73 Å². The van der Waals surface area contributed by atoms with Gasteiger partial charge in [0.2, 0.25) is 10.0 Å². The summed E-state index contributed by atoms with van der Waals surface area (Å²) in [7, 11) is -18.6. The SMILES string of the molecule is CCC(C)NS(=O)(=O)c1ccccc1-c1c2cc(S(=O)(=O)O)c(=Nc3c(C)cc(C)c(S(=O)(=O)O)c3C)cc-2oc2cc(Nc3c(C)cc(C)c(S(=O)(=O)O)c3C)ccc12. The fourth-order valence-electron chi connectivity index (χ4n) is 7.64. The molecule has 1 heterocycles. The average molecular weight is 898 g/mol. The molecule has 0 saturated heterocycles. The summed E-state index contributed by atoms with van der Waals surface area (Å²) >= 11 is 0. The molecule has 0 radical (unpaired) electrons. The number of nitrogens with zero attached hydrogens (tertiary/aromatic N) is 1. The molecule has 0 fully saturated rings. The normalized spacial score (nSPS) is 13.6. The maximum atomic E-state index is 14.0. The van der Waals surface area contributed by atoms with Crippen LogP contribution in [-0.4, -0.2) is 53.4 Å². The predicted octanol–water partition coefficient (Wildman–Crippen LogP) is 7.85. The fraction of sp³-hybridized carbons (Fsp3) is 0.244. The highest BCUT2D eigenvalue weighted by Gasteiger charge is 2.29. The van der Waals surface area contributed by atoms with E-state index in [-0.39, 0.29) is 65.6 Å². The van der Waals surface area contributed by atoms with Gasteiger partial charge in [0.1, 0.15) is 26.0 Å². The molecule has 0 saturated carbocycles. The molecule has 19 heteroatoms. The lowest BCUT2D eigenvalue weighted by Crippen LogP contribution is -2.32. The lowest BCUT2D eigenvalue weighted by molar-refractivity contribution is 0.479. The van der Waals surface area contributed by atoms with Crippen LogP contribution in [0.2, 0.25) is 0 Å². The summed E-state index contributed by atoms with van der Waals surface area (Å²) in [5, 5.41) is 3.15. The van der Waals surface area contributed by atoms with Gasteiger partial charge in [-0.3, -0.25) is 13.7 Å². The summed E-state index contributed by atoms with van der Waals surface area (Å²) in [6, 6.07) is 15.8. The van der Waals surface area contributed by atoms with E-state index in [9.17, 15) is 47.3 Å². The smallest absolute Gasteiger partial charge is 0.296 e. The van der Waals surface area contributed by atoms with Crippen molar-refractivity contribution in [1.29, 1.82) is 0 Å². The molecule has 0 spiro atoms. The van der Waals surface area contributed by atoms with Crippen molar-refractivity contribution in [3.8, 4) is 22.5 Å². The van der Waals surface area contributed by atoms with Gasteiger partial charge in [0.15, 0.2) is 0 Å². The molecule has 1 aliphatic carbocycles. The Morgan fingerprint density at radius 2 is 1.27 bits per heavy atom. The largest absolute Gasteiger partial charge is 0.456 e. The zero-order valence-electron chi connectivity index (χ0n) is 33.7. The predicted molar refractivity (Wildman–Crippen MR) is 228 cm³/mol. The van der Waals surface area contributed by atoms with Crippen LogP contribution in [0.3, 0.4) is 0 Å². The molecule has 6 rings (SSSR count). The highest BCUT2D eigenvalue weighted by atomic mass is 32.2. The second kappa shape index (κ2) is 15.8. The number of anilines is 2. The van der Waals surface area contributed by atoms with E-state index in [2.05, 4.69) is 15.0 Å². The van der Waals surface area contributed by atoms with Gasteiger partial charge in [-0.15, -0.1) is 0 Å². The van der Waals surface area contributed by atoms with E-state index in [1.807, 2.05) is 6.92 Å². The maximum Gasteiger partial charge on any atom is 0.296 e. The van der Waals surface area contributed by atoms with Crippen LogP contribution in [0.1, 0.15) is 53.6 Å². The standard InChI is InChI=1S/C41H43N3O12S4/c1-9-25(6)44-57(45,46)35-13-11-10-12-30(35)37-29-15-14-28(42-38-21(2)16-23(4)40(26(38)7)59(50,51)52)18-33(29)56-34-20-32(36(19-31(34)37)58(47,48)49)43-39-22(3)17-24(5)41(27(39)8)60(53,54)55/h10-20,25,42,44H,9H2,1-8H3,(H,47,48,49)(H,50,51,52)(H,53,54,55). The third-order valence-corrected chi connectivity index (χ3v) is 15.1. The number of nitrogens with one attached hydrogen (secondary N) is 2. The van der Waals surface area contributed by atoms with E-state index in [1.165, 1.54) is 38.1 Å². The molecular weight excluding hydrogens is 855 g/mol. The third-order valence-electron chi connectivity index (χ3n) is 10.3. The molecule has 15 nitrogen and oxygen atoms in total. The van der Waals surface area contributed by atoms with Crippen LogP contribution in [0.5, 0.6) is 0 Å². The third kappa shape index (κ3) is 8.48. The monoisotopic (exact) mass is 897 g/mol. The molecule has 1 aliphatic heterocycles. The maximum absolute atomic E-state index is 14.0. The van der Waals surface area contributed by atoms with Crippen LogP contribution in [0.15, 0.2) is 95.7 Å². The molecule has 0 amide bonds. The Morgan fingerprint density at radius 3 is 1.87 bits per heavy atom. The minimum absolute atomic E-state index is 0.00867. The minimum Gasteiger partial charge on any atom is -0.456 e. The number of aryl methyl sites for hydroxylation is 4. The molecule has 4 aromatic rings. The highest BCUT2D eigenvalue weighted by molar-refractivity contribution is 7.89. The lowest BCUT2D eigenvalue weighted by atomic mass is 9.93. The van der Waals surface area contributed by atoms with Crippen LogP contribution in [0.25, 0.3) is 33.4 Å². The number of rotatable bonds is 11. The molecular formula is C41H43N3O12S4. The topological polar surface area (TPSA) is 247 Å². The van der Waals surface area contributed by atoms with Gasteiger partial charge in [-0.05, 0) is 113 Å². The van der Waals surface area contributed by atoms with Crippen LogP contribution < -0.4 is 15.4 Å². The van der Waals surface area contributed by atoms with E-state index in [4.69, 9.17) is 4.42 Å². The first-order valence-corrected chi connectivity index (χ1v) is 24.2. The van der Waals surface area contributed by atoms with E-state index in [1.54, 1.807) is 71.0 Å². The van der Waals surface area contributed by atoms with E-state index >= 15 is 0 Å². The van der Waals surface area contributed by atoms with Crippen LogP contribution in [0.4, 0.5) is 17.1 Å². The molecule has 318 valence electrons. The molecule has 2 aliphatic rings. The summed E-state index contributed by atoms with van der Waals surface area (Å²) in [6.07, 6.45) is 0.481. The number of hydrogen-bond donors (Lipinski definition) is 5. The van der Waals surface area contributed by atoms with Gasteiger partial charge in [-0.2, -0.15) is 25.3 Å². The Morgan fingerprint density at radius 1 is 0.667 bits per heavy atom. The van der Waals surface area contributed by atoms with Gasteiger partial charge in [-0.1, -0.05) is 37.3 Å². The van der Waals surface area contributed by atoms with Crippen molar-refractivity contribution in [3.05, 3.63) is 105 Å². The van der Waals surface area contributed by atoms with Crippen molar-refractivity contribution in [2.75, 3.05) is 5.32 Å². The number of sulfonamides is 1. The molecule has 5 N–H and O–H groups in total. The van der Waals surface area contributed by atoms with Crippen molar-refractivity contribution in [3.63, 3.8) is 0 Å². The van der Waals surface area contributed by atoms with Gasteiger partial charge in [0, 0.05) is 51.6 Å². The van der Waals surface area contributed by atoms with Gasteiger partial charge >= 0.3 is 0 Å². The first-order valence-electron chi connectivity index (χ1n) is 18.4. The number of fused-ring (bicyclic) bond motifs is 2. The fourth-order valence-corrected chi connectivity index (χ4v) is 11.7. The van der Waals surface area contributed by atoms with Crippen molar-refractivity contribution in [2.24, 2.45) is 4.99 Å². The highest BCUT2D eigenvalue weighted by Crippen LogP contribution is 2.44. The van der Waals surface area contributed by atoms with Crippen LogP contribution >= 0.6 is 0 Å². The summed E-state index contributed by atoms with van der Waals surface area (Å²) < 4.78 is 144. The Hall–Kier alpha value is -4.99. The lowest BCUT2D eigenvalue weighted by Gasteiger charge is -2.21. The molecule has 1 unspecified atom stereocenters. The zero-order valence-corrected chi connectivity index (χ0v) is 37.0. The van der Waals surface area contributed by atoms with Crippen molar-refractivity contribution in [2.45, 2.75) is 87.4 Å². The Balaban J connectivity index is 1.75. The summed E-state index contributed by atoms with van der Waals surface area (Å²) in [5.41, 5.74) is 3.20. The van der Waals surface area contributed by atoms with Gasteiger partial charge in [-0.25, -0.2) is 18.1 Å². The molecule has 4 aromatic carbocycles. The second-order valence-corrected chi connectivity index (χ2v) is 20.5. The summed E-state index contributed by atoms with van der Waals surface area (Å²) in [6.45, 7) is 12.9. The quantitative estimate of drug-likeness (QED) is 0.0615. The van der Waals surface area contributed by atoms with Crippen LogP contribution in [-0.2, 0) is 40.4 Å².